The Bertz CT molecular complexity index is 660. The Kier molecular flexibility index (Phi) is 5.61. The summed E-state index contributed by atoms with van der Waals surface area (Å²) >= 11 is 0. The van der Waals surface area contributed by atoms with Gasteiger partial charge in [-0.2, -0.15) is 0 Å². The summed E-state index contributed by atoms with van der Waals surface area (Å²) in [4.78, 5) is 4.62. The Morgan fingerprint density at radius 2 is 2.12 bits per heavy atom. The number of nitrogens with one attached hydrogen (secondary N) is 2. The smallest absolute Gasteiger partial charge is 0.196 e. The molecule has 1 aromatic carbocycles. The maximum atomic E-state index is 5.89. The second-order valence-electron chi connectivity index (χ2n) is 7.43. The molecule has 1 saturated heterocycles. The van der Waals surface area contributed by atoms with E-state index in [2.05, 4.69) is 29.5 Å². The Hall–Kier alpha value is -1.95. The number of hydrogen-bond donors (Lipinski definition) is 2. The fourth-order valence-corrected chi connectivity index (χ4v) is 4.20. The number of rotatable bonds is 6. The summed E-state index contributed by atoms with van der Waals surface area (Å²) in [5.74, 6) is 2.81. The second-order valence-corrected chi connectivity index (χ2v) is 7.43. The lowest BCUT2D eigenvalue weighted by molar-refractivity contribution is -0.106. The molecule has 1 aliphatic carbocycles. The van der Waals surface area contributed by atoms with Gasteiger partial charge in [0.1, 0.15) is 0 Å². The number of guanidine groups is 1. The molecule has 0 amide bonds. The quantitative estimate of drug-likeness (QED) is 0.601. The fraction of sp³-hybridized carbons (Fsp3) is 0.650. The number of aliphatic imine (C=N–C) groups is 1. The number of hydrogen-bond acceptors (Lipinski definition) is 4. The third kappa shape index (κ3) is 3.47. The van der Waals surface area contributed by atoms with Crippen molar-refractivity contribution in [3.8, 4) is 11.5 Å². The number of methoxy groups -OCH3 is 1. The van der Waals surface area contributed by atoms with Crippen molar-refractivity contribution in [3.05, 3.63) is 18.2 Å². The summed E-state index contributed by atoms with van der Waals surface area (Å²) in [6.45, 7) is 10.7. The molecule has 3 rings (SSSR count). The predicted molar refractivity (Wildman–Crippen MR) is 104 cm³/mol. The topological polar surface area (TPSA) is 64.1 Å². The van der Waals surface area contributed by atoms with Gasteiger partial charge in [0.25, 0.3) is 0 Å². The zero-order valence-corrected chi connectivity index (χ0v) is 16.5. The van der Waals surface area contributed by atoms with Gasteiger partial charge < -0.3 is 24.8 Å². The molecule has 2 fully saturated rings. The molecule has 3 unspecified atom stereocenters. The molecule has 2 aliphatic rings. The Balaban J connectivity index is 1.73. The van der Waals surface area contributed by atoms with Gasteiger partial charge in [-0.15, -0.1) is 0 Å². The van der Waals surface area contributed by atoms with Crippen molar-refractivity contribution in [1.29, 1.82) is 0 Å². The Morgan fingerprint density at radius 3 is 2.81 bits per heavy atom. The molecule has 1 aromatic rings. The van der Waals surface area contributed by atoms with Crippen LogP contribution >= 0.6 is 0 Å². The minimum Gasteiger partial charge on any atom is -0.493 e. The molecule has 6 nitrogen and oxygen atoms in total. The molecular formula is C20H31N3O3. The van der Waals surface area contributed by atoms with E-state index < -0.39 is 0 Å². The molecule has 144 valence electrons. The van der Waals surface area contributed by atoms with Crippen LogP contribution in [0.1, 0.15) is 34.1 Å². The lowest BCUT2D eigenvalue weighted by Crippen LogP contribution is -2.67. The summed E-state index contributed by atoms with van der Waals surface area (Å²) in [5, 5.41) is 7.04. The van der Waals surface area contributed by atoms with Crippen molar-refractivity contribution in [2.45, 2.75) is 46.3 Å². The average Bonchev–Trinajstić information content (AvgIpc) is 3.07. The van der Waals surface area contributed by atoms with Crippen LogP contribution in [0.3, 0.4) is 0 Å². The Morgan fingerprint density at radius 1 is 1.31 bits per heavy atom. The van der Waals surface area contributed by atoms with Crippen LogP contribution in [0.15, 0.2) is 23.2 Å². The van der Waals surface area contributed by atoms with Gasteiger partial charge in [-0.1, -0.05) is 13.8 Å². The van der Waals surface area contributed by atoms with E-state index in [-0.39, 0.29) is 5.41 Å². The second kappa shape index (κ2) is 7.74. The molecule has 3 atom stereocenters. The first-order chi connectivity index (χ1) is 12.5. The van der Waals surface area contributed by atoms with Crippen LogP contribution in [0, 0.1) is 11.3 Å². The molecule has 0 radical (unpaired) electrons. The maximum absolute atomic E-state index is 5.89. The summed E-state index contributed by atoms with van der Waals surface area (Å²) in [7, 11) is 1.65. The van der Waals surface area contributed by atoms with Gasteiger partial charge in [-0.05, 0) is 32.4 Å². The van der Waals surface area contributed by atoms with Crippen molar-refractivity contribution in [1.82, 2.24) is 5.32 Å². The van der Waals surface area contributed by atoms with Crippen LogP contribution in [0.4, 0.5) is 5.69 Å². The van der Waals surface area contributed by atoms with E-state index in [1.54, 1.807) is 7.11 Å². The largest absolute Gasteiger partial charge is 0.493 e. The van der Waals surface area contributed by atoms with Crippen molar-refractivity contribution in [3.63, 3.8) is 0 Å². The van der Waals surface area contributed by atoms with Crippen LogP contribution in [-0.4, -0.2) is 45.0 Å². The first kappa shape index (κ1) is 18.8. The third-order valence-electron chi connectivity index (χ3n) is 5.44. The van der Waals surface area contributed by atoms with E-state index in [1.807, 2.05) is 32.0 Å². The first-order valence-corrected chi connectivity index (χ1v) is 9.51. The monoisotopic (exact) mass is 361 g/mol. The predicted octanol–water partition coefficient (Wildman–Crippen LogP) is 3.28. The molecule has 0 bridgehead atoms. The minimum atomic E-state index is 0.105. The van der Waals surface area contributed by atoms with Crippen molar-refractivity contribution in [2.24, 2.45) is 16.3 Å². The molecule has 1 saturated carbocycles. The summed E-state index contributed by atoms with van der Waals surface area (Å²) in [6, 6.07) is 6.19. The lowest BCUT2D eigenvalue weighted by Gasteiger charge is -2.54. The number of anilines is 1. The molecule has 2 N–H and O–H groups in total. The van der Waals surface area contributed by atoms with Crippen LogP contribution in [0.5, 0.6) is 11.5 Å². The summed E-state index contributed by atoms with van der Waals surface area (Å²) < 4.78 is 16.9. The van der Waals surface area contributed by atoms with Gasteiger partial charge in [0.15, 0.2) is 17.5 Å². The van der Waals surface area contributed by atoms with Crippen LogP contribution in [0.25, 0.3) is 0 Å². The van der Waals surface area contributed by atoms with Gasteiger partial charge in [0.05, 0.1) is 19.8 Å². The summed E-state index contributed by atoms with van der Waals surface area (Å²) in [5.41, 5.74) is 1.03. The summed E-state index contributed by atoms with van der Waals surface area (Å²) in [6.07, 6.45) is 1.47. The van der Waals surface area contributed by atoms with Crippen molar-refractivity contribution < 1.29 is 14.2 Å². The van der Waals surface area contributed by atoms with Gasteiger partial charge in [-0.25, -0.2) is 0 Å². The van der Waals surface area contributed by atoms with E-state index >= 15 is 0 Å². The van der Waals surface area contributed by atoms with Crippen LogP contribution in [-0.2, 0) is 4.74 Å². The molecule has 1 heterocycles. The number of nitrogens with zero attached hydrogens (tertiary/aromatic N) is 1. The zero-order chi connectivity index (χ0) is 18.7. The third-order valence-corrected chi connectivity index (χ3v) is 5.44. The molecule has 0 spiro atoms. The number of fused-ring (bicyclic) bond motifs is 1. The van der Waals surface area contributed by atoms with E-state index in [4.69, 9.17) is 14.2 Å². The van der Waals surface area contributed by atoms with Crippen LogP contribution < -0.4 is 20.1 Å². The molecule has 0 aromatic heterocycles. The van der Waals surface area contributed by atoms with E-state index in [0.717, 1.165) is 36.2 Å². The highest BCUT2D eigenvalue weighted by Crippen LogP contribution is 2.52. The van der Waals surface area contributed by atoms with Crippen LogP contribution in [0.2, 0.25) is 0 Å². The maximum Gasteiger partial charge on any atom is 0.196 e. The molecule has 6 heteroatoms. The molecule has 26 heavy (non-hydrogen) atoms. The van der Waals surface area contributed by atoms with Crippen molar-refractivity contribution >= 4 is 11.6 Å². The molecular weight excluding hydrogens is 330 g/mol. The highest BCUT2D eigenvalue weighted by Gasteiger charge is 2.59. The first-order valence-electron chi connectivity index (χ1n) is 9.51. The number of benzene rings is 1. The van der Waals surface area contributed by atoms with Gasteiger partial charge in [-0.3, -0.25) is 4.99 Å². The lowest BCUT2D eigenvalue weighted by atomic mass is 9.57. The zero-order valence-electron chi connectivity index (χ0n) is 16.5. The average molecular weight is 361 g/mol. The highest BCUT2D eigenvalue weighted by molar-refractivity contribution is 5.94. The fourth-order valence-electron chi connectivity index (χ4n) is 4.20. The highest BCUT2D eigenvalue weighted by atomic mass is 16.5. The van der Waals surface area contributed by atoms with Gasteiger partial charge in [0, 0.05) is 42.3 Å². The Labute approximate surface area is 156 Å². The molecule has 1 aliphatic heterocycles. The SMILES string of the molecule is CCN=C(Nc1ccc(OC)c(OCC)c1)NC1C2CCOC2C1(C)C. The van der Waals surface area contributed by atoms with E-state index in [0.29, 0.717) is 31.2 Å². The van der Waals surface area contributed by atoms with E-state index in [9.17, 15) is 0 Å². The van der Waals surface area contributed by atoms with Gasteiger partial charge in [0.2, 0.25) is 0 Å². The van der Waals surface area contributed by atoms with Crippen molar-refractivity contribution in [2.75, 3.05) is 32.2 Å². The normalized spacial score (nSPS) is 26.7. The van der Waals surface area contributed by atoms with E-state index in [1.165, 1.54) is 0 Å². The minimum absolute atomic E-state index is 0.105. The standard InChI is InChI=1S/C20H31N3O3/c1-6-21-19(23-17-14-10-11-26-18(14)20(17,3)4)22-13-8-9-15(24-5)16(12-13)25-7-2/h8-9,12,14,17-18H,6-7,10-11H2,1-5H3,(H2,21,22,23). The van der Waals surface area contributed by atoms with Gasteiger partial charge >= 0.3 is 0 Å². The number of ether oxygens (including phenoxy) is 3.